The summed E-state index contributed by atoms with van der Waals surface area (Å²) in [5, 5.41) is 3.18. The molecule has 1 atom stereocenters. The van der Waals surface area contributed by atoms with E-state index in [4.69, 9.17) is 4.74 Å². The van der Waals surface area contributed by atoms with Crippen molar-refractivity contribution >= 4 is 5.91 Å². The molecular formula is C22H26N4O2. The van der Waals surface area contributed by atoms with Gasteiger partial charge in [0.2, 0.25) is 0 Å². The minimum absolute atomic E-state index is 0.0535. The van der Waals surface area contributed by atoms with Gasteiger partial charge in [-0.1, -0.05) is 32.9 Å². The highest BCUT2D eigenvalue weighted by Gasteiger charge is 2.27. The number of aromatic nitrogens is 3. The topological polar surface area (TPSA) is 69.0 Å². The highest BCUT2D eigenvalue weighted by molar-refractivity contribution is 5.95. The number of methoxy groups -OCH3 is 1. The fourth-order valence-electron chi connectivity index (χ4n) is 2.96. The van der Waals surface area contributed by atoms with Crippen LogP contribution < -0.4 is 10.1 Å². The molecule has 2 aromatic heterocycles. The number of amides is 1. The number of carbonyl (C=O) groups excluding carboxylic acids is 1. The van der Waals surface area contributed by atoms with Crippen molar-refractivity contribution in [2.75, 3.05) is 7.11 Å². The molecule has 0 radical (unpaired) electrons. The van der Waals surface area contributed by atoms with E-state index in [1.54, 1.807) is 25.8 Å². The molecule has 2 heterocycles. The van der Waals surface area contributed by atoms with Gasteiger partial charge in [-0.05, 0) is 29.7 Å². The zero-order valence-corrected chi connectivity index (χ0v) is 16.7. The number of nitrogens with one attached hydrogen (secondary N) is 1. The van der Waals surface area contributed by atoms with Crippen LogP contribution in [0.2, 0.25) is 0 Å². The molecule has 0 unspecified atom stereocenters. The second-order valence-corrected chi connectivity index (χ2v) is 7.79. The van der Waals surface area contributed by atoms with Gasteiger partial charge in [0.25, 0.3) is 5.91 Å². The van der Waals surface area contributed by atoms with Crippen LogP contribution in [0.15, 0.2) is 61.3 Å². The zero-order chi connectivity index (χ0) is 20.1. The summed E-state index contributed by atoms with van der Waals surface area (Å²) in [5.74, 6) is 0.560. The molecule has 3 rings (SSSR count). The minimum Gasteiger partial charge on any atom is -0.494 e. The number of imidazole rings is 1. The van der Waals surface area contributed by atoms with E-state index in [0.29, 0.717) is 23.6 Å². The number of benzene rings is 1. The Morgan fingerprint density at radius 2 is 2.04 bits per heavy atom. The third-order valence-corrected chi connectivity index (χ3v) is 4.69. The van der Waals surface area contributed by atoms with Gasteiger partial charge in [0.05, 0.1) is 19.5 Å². The lowest BCUT2D eigenvalue weighted by molar-refractivity contribution is 0.0892. The zero-order valence-electron chi connectivity index (χ0n) is 16.7. The first-order chi connectivity index (χ1) is 13.4. The van der Waals surface area contributed by atoms with E-state index in [-0.39, 0.29) is 17.4 Å². The molecule has 0 aliphatic rings. The van der Waals surface area contributed by atoms with Crippen LogP contribution >= 0.6 is 0 Å². The maximum atomic E-state index is 13.0. The van der Waals surface area contributed by atoms with Crippen molar-refractivity contribution in [2.24, 2.45) is 5.41 Å². The minimum atomic E-state index is -0.114. The van der Waals surface area contributed by atoms with Crippen LogP contribution in [-0.2, 0) is 6.54 Å². The normalized spacial score (nSPS) is 12.4. The van der Waals surface area contributed by atoms with Crippen molar-refractivity contribution in [3.05, 3.63) is 66.9 Å². The quantitative estimate of drug-likeness (QED) is 0.708. The first-order valence-electron chi connectivity index (χ1n) is 9.24. The van der Waals surface area contributed by atoms with Gasteiger partial charge in [-0.25, -0.2) is 4.98 Å². The summed E-state index contributed by atoms with van der Waals surface area (Å²) in [6.45, 7) is 7.00. The Balaban J connectivity index is 1.83. The van der Waals surface area contributed by atoms with Gasteiger partial charge in [-0.15, -0.1) is 0 Å². The van der Waals surface area contributed by atoms with Gasteiger partial charge < -0.3 is 14.6 Å². The SMILES string of the molecule is COc1cccnc1-c1cccc(C(=O)N[C@H](Cn2ccnc2)C(C)(C)C)c1. The van der Waals surface area contributed by atoms with Crippen molar-refractivity contribution in [3.63, 3.8) is 0 Å². The standard InChI is InChI=1S/C22H26N4O2/c1-22(2,3)19(14-26-12-11-23-15-26)25-21(27)17-8-5-7-16(13-17)20-18(28-4)9-6-10-24-20/h5-13,15,19H,14H2,1-4H3,(H,25,27)/t19-/m1/s1. The molecule has 146 valence electrons. The average molecular weight is 378 g/mol. The maximum absolute atomic E-state index is 13.0. The van der Waals surface area contributed by atoms with Crippen LogP contribution in [0.3, 0.4) is 0 Å². The Kier molecular flexibility index (Phi) is 5.78. The van der Waals surface area contributed by atoms with Crippen LogP contribution in [0.25, 0.3) is 11.3 Å². The highest BCUT2D eigenvalue weighted by Crippen LogP contribution is 2.28. The molecule has 0 spiro atoms. The molecule has 0 aliphatic carbocycles. The molecule has 0 saturated heterocycles. The van der Waals surface area contributed by atoms with Crippen molar-refractivity contribution in [1.29, 1.82) is 0 Å². The molecule has 0 fully saturated rings. The summed E-state index contributed by atoms with van der Waals surface area (Å²) in [4.78, 5) is 21.5. The molecule has 1 aromatic carbocycles. The van der Waals surface area contributed by atoms with Gasteiger partial charge in [0.15, 0.2) is 0 Å². The highest BCUT2D eigenvalue weighted by atomic mass is 16.5. The number of nitrogens with zero attached hydrogens (tertiary/aromatic N) is 3. The molecule has 0 saturated carbocycles. The molecule has 0 aliphatic heterocycles. The van der Waals surface area contributed by atoms with Crippen molar-refractivity contribution in [2.45, 2.75) is 33.4 Å². The van der Waals surface area contributed by atoms with Gasteiger partial charge in [-0.3, -0.25) is 9.78 Å². The largest absolute Gasteiger partial charge is 0.494 e. The number of carbonyl (C=O) groups is 1. The first-order valence-corrected chi connectivity index (χ1v) is 9.24. The van der Waals surface area contributed by atoms with Crippen LogP contribution in [-0.4, -0.2) is 33.6 Å². The summed E-state index contributed by atoms with van der Waals surface area (Å²) >= 11 is 0. The molecule has 3 aromatic rings. The molecule has 1 amide bonds. The lowest BCUT2D eigenvalue weighted by Gasteiger charge is -2.31. The molecule has 6 nitrogen and oxygen atoms in total. The average Bonchev–Trinajstić information content (AvgIpc) is 3.20. The number of ether oxygens (including phenoxy) is 1. The summed E-state index contributed by atoms with van der Waals surface area (Å²) in [6, 6.07) is 11.1. The van der Waals surface area contributed by atoms with E-state index in [0.717, 1.165) is 5.56 Å². The van der Waals surface area contributed by atoms with E-state index in [1.165, 1.54) is 0 Å². The predicted octanol–water partition coefficient (Wildman–Crippen LogP) is 3.80. The predicted molar refractivity (Wildman–Crippen MR) is 109 cm³/mol. The fraction of sp³-hybridized carbons (Fsp3) is 0.318. The van der Waals surface area contributed by atoms with Crippen molar-refractivity contribution in [3.8, 4) is 17.0 Å². The lowest BCUT2D eigenvalue weighted by Crippen LogP contribution is -2.46. The fourth-order valence-corrected chi connectivity index (χ4v) is 2.96. The Labute approximate surface area is 165 Å². The number of hydrogen-bond acceptors (Lipinski definition) is 4. The van der Waals surface area contributed by atoms with Gasteiger partial charge >= 0.3 is 0 Å². The number of hydrogen-bond donors (Lipinski definition) is 1. The van der Waals surface area contributed by atoms with Gasteiger partial charge in [-0.2, -0.15) is 0 Å². The third kappa shape index (κ3) is 4.57. The Morgan fingerprint density at radius 1 is 1.21 bits per heavy atom. The van der Waals surface area contributed by atoms with Gasteiger partial charge in [0.1, 0.15) is 11.4 Å². The molecule has 0 bridgehead atoms. The number of rotatable bonds is 6. The Morgan fingerprint density at radius 3 is 2.71 bits per heavy atom. The summed E-state index contributed by atoms with van der Waals surface area (Å²) < 4.78 is 7.37. The second kappa shape index (κ2) is 8.25. The number of pyridine rings is 1. The second-order valence-electron chi connectivity index (χ2n) is 7.79. The Hall–Kier alpha value is -3.15. The third-order valence-electron chi connectivity index (χ3n) is 4.69. The van der Waals surface area contributed by atoms with E-state index in [1.807, 2.05) is 47.2 Å². The maximum Gasteiger partial charge on any atom is 0.251 e. The van der Waals surface area contributed by atoms with E-state index >= 15 is 0 Å². The van der Waals surface area contributed by atoms with Crippen LogP contribution in [0, 0.1) is 5.41 Å². The molecule has 1 N–H and O–H groups in total. The molecule has 6 heteroatoms. The van der Waals surface area contributed by atoms with E-state index in [9.17, 15) is 4.79 Å². The van der Waals surface area contributed by atoms with E-state index in [2.05, 4.69) is 36.1 Å². The monoisotopic (exact) mass is 378 g/mol. The van der Waals surface area contributed by atoms with E-state index < -0.39 is 0 Å². The first kappa shape index (κ1) is 19.6. The van der Waals surface area contributed by atoms with Gasteiger partial charge in [0, 0.05) is 36.3 Å². The molecular weight excluding hydrogens is 352 g/mol. The van der Waals surface area contributed by atoms with Crippen molar-refractivity contribution < 1.29 is 9.53 Å². The van der Waals surface area contributed by atoms with Crippen molar-refractivity contribution in [1.82, 2.24) is 19.9 Å². The lowest BCUT2D eigenvalue weighted by atomic mass is 9.86. The van der Waals surface area contributed by atoms with Crippen LogP contribution in [0.1, 0.15) is 31.1 Å². The summed E-state index contributed by atoms with van der Waals surface area (Å²) in [7, 11) is 1.61. The van der Waals surface area contributed by atoms with Crippen LogP contribution in [0.5, 0.6) is 5.75 Å². The summed E-state index contributed by atoms with van der Waals surface area (Å²) in [5.41, 5.74) is 2.03. The smallest absolute Gasteiger partial charge is 0.251 e. The summed E-state index contributed by atoms with van der Waals surface area (Å²) in [6.07, 6.45) is 7.12. The Bertz CT molecular complexity index is 930. The molecule has 28 heavy (non-hydrogen) atoms. The van der Waals surface area contributed by atoms with Crippen LogP contribution in [0.4, 0.5) is 0 Å².